The predicted molar refractivity (Wildman–Crippen MR) is 86.7 cm³/mol. The second kappa shape index (κ2) is 10.9. The van der Waals surface area contributed by atoms with Gasteiger partial charge in [0.25, 0.3) is 0 Å². The maximum atomic E-state index is 5.91. The molecule has 0 saturated carbocycles. The molecule has 0 aliphatic heterocycles. The van der Waals surface area contributed by atoms with Gasteiger partial charge in [0.15, 0.2) is 0 Å². The lowest BCUT2D eigenvalue weighted by molar-refractivity contribution is 0.0688. The molecular weight excluding hydrogens is 276 g/mol. The zero-order valence-electron chi connectivity index (χ0n) is 13.2. The molecule has 3 nitrogen and oxygen atoms in total. The molecule has 0 radical (unpaired) electrons. The summed E-state index contributed by atoms with van der Waals surface area (Å²) >= 11 is 5.41. The first kappa shape index (κ1) is 19.2. The first-order valence-corrected chi connectivity index (χ1v) is 9.81. The van der Waals surface area contributed by atoms with E-state index in [4.69, 9.17) is 25.5 Å². The average molecular weight is 307 g/mol. The third-order valence-electron chi connectivity index (χ3n) is 3.07. The monoisotopic (exact) mass is 306 g/mol. The molecule has 0 aliphatic rings. The predicted octanol–water partition coefficient (Wildman–Crippen LogP) is 4.23. The van der Waals surface area contributed by atoms with Crippen molar-refractivity contribution >= 4 is 25.9 Å². The first-order valence-electron chi connectivity index (χ1n) is 7.47. The number of unbranched alkanes of at least 4 members (excludes halogenated alkanes) is 1. The minimum atomic E-state index is -2.56. The van der Waals surface area contributed by atoms with Gasteiger partial charge < -0.3 is 13.3 Å². The topological polar surface area (TPSA) is 27.7 Å². The van der Waals surface area contributed by atoms with Crippen LogP contribution < -0.4 is 0 Å². The highest BCUT2D eigenvalue weighted by Crippen LogP contribution is 2.26. The Balaban J connectivity index is 4.83. The normalized spacial score (nSPS) is 13.5. The first-order chi connectivity index (χ1) is 9.05. The molecule has 1 atom stereocenters. The van der Waals surface area contributed by atoms with E-state index in [9.17, 15) is 0 Å². The van der Waals surface area contributed by atoms with Gasteiger partial charge in [0.2, 0.25) is 0 Å². The number of rotatable bonds is 12. The standard InChI is InChI=1S/C14H30O3SSi/c1-6-10-11-14(13(5)18)12-19(15-7-2,16-8-3)17-9-4/h14H,6-12H2,1-5H3. The summed E-state index contributed by atoms with van der Waals surface area (Å²) in [5.74, 6) is 0.367. The molecular formula is C14H30O3SSi. The van der Waals surface area contributed by atoms with Crippen molar-refractivity contribution in [1.82, 2.24) is 0 Å². The Morgan fingerprint density at radius 1 is 1.00 bits per heavy atom. The van der Waals surface area contributed by atoms with Crippen LogP contribution >= 0.6 is 12.2 Å². The maximum absolute atomic E-state index is 5.91. The van der Waals surface area contributed by atoms with Crippen molar-refractivity contribution in [1.29, 1.82) is 0 Å². The molecule has 0 aromatic rings. The molecule has 0 rings (SSSR count). The Kier molecular flexibility index (Phi) is 11.0. The lowest BCUT2D eigenvalue weighted by Gasteiger charge is -2.31. The Hall–Kier alpha value is 0.187. The molecule has 0 spiro atoms. The summed E-state index contributed by atoms with van der Waals surface area (Å²) in [6.07, 6.45) is 3.48. The van der Waals surface area contributed by atoms with E-state index in [-0.39, 0.29) is 0 Å². The Morgan fingerprint density at radius 2 is 1.47 bits per heavy atom. The van der Waals surface area contributed by atoms with Gasteiger partial charge in [-0.05, 0) is 44.9 Å². The van der Waals surface area contributed by atoms with Gasteiger partial charge in [-0.1, -0.05) is 32.0 Å². The molecule has 0 bridgehead atoms. The summed E-state index contributed by atoms with van der Waals surface area (Å²) in [6.45, 7) is 12.1. The fourth-order valence-corrected chi connectivity index (χ4v) is 5.55. The molecule has 0 fully saturated rings. The number of hydrogen-bond donors (Lipinski definition) is 0. The molecule has 0 saturated heterocycles. The van der Waals surface area contributed by atoms with Crippen LogP contribution in [0.5, 0.6) is 0 Å². The second-order valence-corrected chi connectivity index (χ2v) is 7.92. The Morgan fingerprint density at radius 3 is 1.79 bits per heavy atom. The van der Waals surface area contributed by atoms with E-state index >= 15 is 0 Å². The summed E-state index contributed by atoms with van der Waals surface area (Å²) in [7, 11) is -2.56. The molecule has 1 unspecified atom stereocenters. The van der Waals surface area contributed by atoms with Crippen molar-refractivity contribution in [3.63, 3.8) is 0 Å². The van der Waals surface area contributed by atoms with E-state index < -0.39 is 8.80 Å². The van der Waals surface area contributed by atoms with Gasteiger partial charge in [-0.25, -0.2) is 0 Å². The van der Waals surface area contributed by atoms with E-state index in [1.54, 1.807) is 0 Å². The van der Waals surface area contributed by atoms with E-state index in [0.717, 1.165) is 17.3 Å². The number of thiocarbonyl (C=S) groups is 1. The quantitative estimate of drug-likeness (QED) is 0.398. The summed E-state index contributed by atoms with van der Waals surface area (Å²) in [6, 6.07) is 0.817. The second-order valence-electron chi connectivity index (χ2n) is 4.64. The van der Waals surface area contributed by atoms with Gasteiger partial charge >= 0.3 is 8.80 Å². The average Bonchev–Trinajstić information content (AvgIpc) is 2.35. The third kappa shape index (κ3) is 7.51. The number of hydrogen-bond acceptors (Lipinski definition) is 4. The molecule has 114 valence electrons. The van der Waals surface area contributed by atoms with Crippen LogP contribution in [0.25, 0.3) is 0 Å². The fourth-order valence-electron chi connectivity index (χ4n) is 2.16. The molecule has 5 heteroatoms. The lowest BCUT2D eigenvalue weighted by atomic mass is 10.0. The highest BCUT2D eigenvalue weighted by atomic mass is 32.1. The van der Waals surface area contributed by atoms with Crippen molar-refractivity contribution in [2.75, 3.05) is 19.8 Å². The van der Waals surface area contributed by atoms with Crippen LogP contribution in [0, 0.1) is 5.92 Å². The Labute approximate surface area is 125 Å². The fraction of sp³-hybridized carbons (Fsp3) is 0.929. The lowest BCUT2D eigenvalue weighted by Crippen LogP contribution is -2.48. The largest absolute Gasteiger partial charge is 0.501 e. The minimum absolute atomic E-state index is 0.367. The zero-order valence-corrected chi connectivity index (χ0v) is 15.0. The van der Waals surface area contributed by atoms with E-state index in [1.165, 1.54) is 12.8 Å². The van der Waals surface area contributed by atoms with E-state index in [0.29, 0.717) is 25.7 Å². The molecule has 19 heavy (non-hydrogen) atoms. The summed E-state index contributed by atoms with van der Waals surface area (Å²) in [5, 5.41) is 0. The van der Waals surface area contributed by atoms with Gasteiger partial charge in [0.05, 0.1) is 0 Å². The van der Waals surface area contributed by atoms with Crippen molar-refractivity contribution in [3.8, 4) is 0 Å². The molecule has 0 amide bonds. The van der Waals surface area contributed by atoms with Crippen LogP contribution in [0.3, 0.4) is 0 Å². The van der Waals surface area contributed by atoms with Crippen LogP contribution in [0.2, 0.25) is 6.04 Å². The van der Waals surface area contributed by atoms with Crippen molar-refractivity contribution < 1.29 is 13.3 Å². The molecule has 0 heterocycles. The smallest absolute Gasteiger partial charge is 0.374 e. The third-order valence-corrected chi connectivity index (χ3v) is 6.58. The van der Waals surface area contributed by atoms with Gasteiger partial charge in [-0.15, -0.1) is 0 Å². The van der Waals surface area contributed by atoms with Crippen LogP contribution in [0.15, 0.2) is 0 Å². The SMILES string of the molecule is CCCCC(C[Si](OCC)(OCC)OCC)C(C)=S. The highest BCUT2D eigenvalue weighted by Gasteiger charge is 2.42. The highest BCUT2D eigenvalue weighted by molar-refractivity contribution is 7.80. The van der Waals surface area contributed by atoms with E-state index in [1.807, 2.05) is 27.7 Å². The molecule has 0 aromatic heterocycles. The zero-order chi connectivity index (χ0) is 14.7. The molecule has 0 aromatic carbocycles. The van der Waals surface area contributed by atoms with Crippen LogP contribution in [-0.2, 0) is 13.3 Å². The van der Waals surface area contributed by atoms with E-state index in [2.05, 4.69) is 6.92 Å². The van der Waals surface area contributed by atoms with Crippen LogP contribution in [0.1, 0.15) is 53.9 Å². The summed E-state index contributed by atoms with van der Waals surface area (Å²) in [4.78, 5) is 1.05. The van der Waals surface area contributed by atoms with Gasteiger partial charge in [-0.2, -0.15) is 0 Å². The van der Waals surface area contributed by atoms with Crippen molar-refractivity contribution in [2.45, 2.75) is 59.9 Å². The maximum Gasteiger partial charge on any atom is 0.501 e. The Bertz CT molecular complexity index is 232. The van der Waals surface area contributed by atoms with Crippen LogP contribution in [0.4, 0.5) is 0 Å². The minimum Gasteiger partial charge on any atom is -0.374 e. The molecule has 0 aliphatic carbocycles. The van der Waals surface area contributed by atoms with Gasteiger partial charge in [0.1, 0.15) is 0 Å². The van der Waals surface area contributed by atoms with Crippen molar-refractivity contribution in [3.05, 3.63) is 0 Å². The summed E-state index contributed by atoms with van der Waals surface area (Å²) < 4.78 is 17.7. The van der Waals surface area contributed by atoms with Gasteiger partial charge in [0, 0.05) is 25.9 Å². The van der Waals surface area contributed by atoms with Crippen LogP contribution in [-0.4, -0.2) is 33.5 Å². The van der Waals surface area contributed by atoms with Gasteiger partial charge in [-0.3, -0.25) is 0 Å². The van der Waals surface area contributed by atoms with Crippen molar-refractivity contribution in [2.24, 2.45) is 5.92 Å². The summed E-state index contributed by atoms with van der Waals surface area (Å²) in [5.41, 5.74) is 0. The molecule has 0 N–H and O–H groups in total.